The van der Waals surface area contributed by atoms with Gasteiger partial charge in [0.1, 0.15) is 5.76 Å². The van der Waals surface area contributed by atoms with E-state index in [9.17, 15) is 9.59 Å². The van der Waals surface area contributed by atoms with Gasteiger partial charge < -0.3 is 14.2 Å². The van der Waals surface area contributed by atoms with Gasteiger partial charge in [0, 0.05) is 6.42 Å². The fourth-order valence-electron chi connectivity index (χ4n) is 1.85. The highest BCUT2D eigenvalue weighted by atomic mass is 16.7. The van der Waals surface area contributed by atoms with Crippen molar-refractivity contribution in [1.82, 2.24) is 0 Å². The van der Waals surface area contributed by atoms with Gasteiger partial charge in [-0.05, 0) is 33.1 Å². The number of hydrogen-bond donors (Lipinski definition) is 0. The number of carbonyl (C=O) groups is 2. The fourth-order valence-corrected chi connectivity index (χ4v) is 1.85. The Morgan fingerprint density at radius 3 is 2.33 bits per heavy atom. The van der Waals surface area contributed by atoms with Crippen molar-refractivity contribution in [2.24, 2.45) is 0 Å². The number of allylic oxidation sites excluding steroid dienone is 1. The molecule has 1 aliphatic carbocycles. The summed E-state index contributed by atoms with van der Waals surface area (Å²) in [6, 6.07) is 0. The largest absolute Gasteiger partial charge is 0.513 e. The summed E-state index contributed by atoms with van der Waals surface area (Å²) in [4.78, 5) is 23.1. The van der Waals surface area contributed by atoms with Crippen molar-refractivity contribution < 1.29 is 23.8 Å². The number of hydrogen-bond acceptors (Lipinski definition) is 5. The normalized spacial score (nSPS) is 15.9. The monoisotopic (exact) mass is 256 g/mol. The van der Waals surface area contributed by atoms with E-state index in [4.69, 9.17) is 14.2 Å². The van der Waals surface area contributed by atoms with Crippen LogP contribution in [0.1, 0.15) is 46.0 Å². The maximum atomic E-state index is 11.8. The van der Waals surface area contributed by atoms with Gasteiger partial charge in [0.2, 0.25) is 0 Å². The van der Waals surface area contributed by atoms with Crippen LogP contribution in [0.3, 0.4) is 0 Å². The van der Waals surface area contributed by atoms with Gasteiger partial charge in [-0.2, -0.15) is 0 Å². The zero-order valence-electron chi connectivity index (χ0n) is 11.0. The molecule has 102 valence electrons. The highest BCUT2D eigenvalue weighted by molar-refractivity contribution is 5.89. The molecule has 0 fully saturated rings. The van der Waals surface area contributed by atoms with Gasteiger partial charge in [0.15, 0.2) is 0 Å². The fraction of sp³-hybridized carbons (Fsp3) is 0.692. The summed E-state index contributed by atoms with van der Waals surface area (Å²) in [5, 5.41) is 0. The molecule has 0 unspecified atom stereocenters. The second kappa shape index (κ2) is 7.74. The average molecular weight is 256 g/mol. The summed E-state index contributed by atoms with van der Waals surface area (Å²) in [5.41, 5.74) is 0.474. The number of ether oxygens (including phenoxy) is 3. The zero-order valence-corrected chi connectivity index (χ0v) is 11.0. The predicted octanol–water partition coefficient (Wildman–Crippen LogP) is 2.94. The van der Waals surface area contributed by atoms with Crippen LogP contribution < -0.4 is 0 Å². The smallest absolute Gasteiger partial charge is 0.463 e. The van der Waals surface area contributed by atoms with Crippen LogP contribution >= 0.6 is 0 Å². The second-order valence-corrected chi connectivity index (χ2v) is 3.97. The maximum Gasteiger partial charge on any atom is 0.513 e. The van der Waals surface area contributed by atoms with Crippen molar-refractivity contribution in [3.05, 3.63) is 11.3 Å². The molecule has 5 nitrogen and oxygen atoms in total. The third kappa shape index (κ3) is 4.39. The molecule has 0 bridgehead atoms. The van der Waals surface area contributed by atoms with Gasteiger partial charge in [-0.15, -0.1) is 0 Å². The van der Waals surface area contributed by atoms with E-state index in [1.807, 2.05) is 0 Å². The first-order valence-corrected chi connectivity index (χ1v) is 6.42. The Morgan fingerprint density at radius 2 is 1.67 bits per heavy atom. The SMILES string of the molecule is CCOC(=O)OC1=C(C(=O)OCC)CCCCC1. The molecule has 0 spiro atoms. The standard InChI is InChI=1S/C13H20O5/c1-3-16-12(14)10-8-6-5-7-9-11(10)18-13(15)17-4-2/h3-9H2,1-2H3. The molecule has 0 aromatic heterocycles. The van der Waals surface area contributed by atoms with Crippen LogP contribution in [0.5, 0.6) is 0 Å². The van der Waals surface area contributed by atoms with Gasteiger partial charge >= 0.3 is 12.1 Å². The molecule has 5 heteroatoms. The molecule has 0 aliphatic heterocycles. The van der Waals surface area contributed by atoms with E-state index in [1.165, 1.54) is 0 Å². The van der Waals surface area contributed by atoms with Gasteiger partial charge in [-0.25, -0.2) is 9.59 Å². The van der Waals surface area contributed by atoms with Gasteiger partial charge in [0.05, 0.1) is 18.8 Å². The van der Waals surface area contributed by atoms with Crippen LogP contribution in [0.15, 0.2) is 11.3 Å². The molecular formula is C13H20O5. The maximum absolute atomic E-state index is 11.8. The Labute approximate surface area is 107 Å². The quantitative estimate of drug-likeness (QED) is 0.724. The van der Waals surface area contributed by atoms with Crippen molar-refractivity contribution in [2.45, 2.75) is 46.0 Å². The van der Waals surface area contributed by atoms with E-state index < -0.39 is 12.1 Å². The molecule has 0 aromatic carbocycles. The van der Waals surface area contributed by atoms with Crippen molar-refractivity contribution in [1.29, 1.82) is 0 Å². The third-order valence-electron chi connectivity index (χ3n) is 2.66. The van der Waals surface area contributed by atoms with Crippen molar-refractivity contribution in [3.63, 3.8) is 0 Å². The predicted molar refractivity (Wildman–Crippen MR) is 64.9 cm³/mol. The number of carbonyl (C=O) groups excluding carboxylic acids is 2. The molecule has 0 saturated heterocycles. The highest BCUT2D eigenvalue weighted by Gasteiger charge is 2.22. The molecule has 18 heavy (non-hydrogen) atoms. The van der Waals surface area contributed by atoms with E-state index in [0.717, 1.165) is 19.3 Å². The van der Waals surface area contributed by atoms with Crippen LogP contribution in [0.25, 0.3) is 0 Å². The summed E-state index contributed by atoms with van der Waals surface area (Å²) in [7, 11) is 0. The van der Waals surface area contributed by atoms with Gasteiger partial charge in [-0.1, -0.05) is 6.42 Å². The van der Waals surface area contributed by atoms with Crippen LogP contribution in [-0.2, 0) is 19.0 Å². The molecule has 0 amide bonds. The van der Waals surface area contributed by atoms with E-state index in [-0.39, 0.29) is 6.61 Å². The van der Waals surface area contributed by atoms with Gasteiger partial charge in [-0.3, -0.25) is 0 Å². The Bertz CT molecular complexity index is 332. The Hall–Kier alpha value is -1.52. The highest BCUT2D eigenvalue weighted by Crippen LogP contribution is 2.26. The summed E-state index contributed by atoms with van der Waals surface area (Å²) < 4.78 is 14.8. The average Bonchev–Trinajstić information content (AvgIpc) is 2.55. The topological polar surface area (TPSA) is 61.8 Å². The molecule has 1 aliphatic rings. The second-order valence-electron chi connectivity index (χ2n) is 3.97. The van der Waals surface area contributed by atoms with Crippen LogP contribution in [0.2, 0.25) is 0 Å². The first kappa shape index (κ1) is 14.5. The molecule has 0 heterocycles. The van der Waals surface area contributed by atoms with Crippen molar-refractivity contribution >= 4 is 12.1 Å². The van der Waals surface area contributed by atoms with E-state index in [2.05, 4.69) is 0 Å². The minimum Gasteiger partial charge on any atom is -0.463 e. The first-order chi connectivity index (χ1) is 8.69. The van der Waals surface area contributed by atoms with E-state index >= 15 is 0 Å². The molecule has 0 N–H and O–H groups in total. The molecule has 0 radical (unpaired) electrons. The van der Waals surface area contributed by atoms with Crippen molar-refractivity contribution in [2.75, 3.05) is 13.2 Å². The van der Waals surface area contributed by atoms with E-state index in [0.29, 0.717) is 30.8 Å². The Morgan fingerprint density at radius 1 is 1.00 bits per heavy atom. The summed E-state index contributed by atoms with van der Waals surface area (Å²) in [6.07, 6.45) is 3.23. The minimum absolute atomic E-state index is 0.251. The minimum atomic E-state index is -0.754. The lowest BCUT2D eigenvalue weighted by atomic mass is 10.1. The number of rotatable bonds is 4. The lowest BCUT2D eigenvalue weighted by Gasteiger charge is -2.11. The molecule has 0 aromatic rings. The Kier molecular flexibility index (Phi) is 6.25. The molecule has 0 saturated carbocycles. The van der Waals surface area contributed by atoms with E-state index in [1.54, 1.807) is 13.8 Å². The number of esters is 1. The summed E-state index contributed by atoms with van der Waals surface area (Å²) in [6.45, 7) is 4.02. The van der Waals surface area contributed by atoms with Crippen LogP contribution in [0, 0.1) is 0 Å². The summed E-state index contributed by atoms with van der Waals surface area (Å²) >= 11 is 0. The molecule has 0 atom stereocenters. The van der Waals surface area contributed by atoms with Crippen LogP contribution in [-0.4, -0.2) is 25.3 Å². The summed E-state index contributed by atoms with van der Waals surface area (Å²) in [5.74, 6) is 0.0168. The molecule has 1 rings (SSSR count). The van der Waals surface area contributed by atoms with Crippen molar-refractivity contribution in [3.8, 4) is 0 Å². The zero-order chi connectivity index (χ0) is 13.4. The van der Waals surface area contributed by atoms with Gasteiger partial charge in [0.25, 0.3) is 0 Å². The lowest BCUT2D eigenvalue weighted by molar-refractivity contribution is -0.138. The first-order valence-electron chi connectivity index (χ1n) is 6.42. The molecular weight excluding hydrogens is 236 g/mol. The lowest BCUT2D eigenvalue weighted by Crippen LogP contribution is -2.14. The Balaban J connectivity index is 2.80. The van der Waals surface area contributed by atoms with Crippen LogP contribution in [0.4, 0.5) is 4.79 Å². The third-order valence-corrected chi connectivity index (χ3v) is 2.66.